The molecule has 0 atom stereocenters. The summed E-state index contributed by atoms with van der Waals surface area (Å²) in [4.78, 5) is 15.2. The number of anilines is 2. The predicted molar refractivity (Wildman–Crippen MR) is 78.9 cm³/mol. The van der Waals surface area contributed by atoms with Crippen molar-refractivity contribution < 1.29 is 9.90 Å². The highest BCUT2D eigenvalue weighted by Gasteiger charge is 2.11. The normalized spacial score (nSPS) is 10.3. The van der Waals surface area contributed by atoms with Crippen molar-refractivity contribution in [1.29, 1.82) is 0 Å². The lowest BCUT2D eigenvalue weighted by Gasteiger charge is -2.12. The van der Waals surface area contributed by atoms with Gasteiger partial charge in [0.05, 0.1) is 5.56 Å². The molecule has 20 heavy (non-hydrogen) atoms. The molecule has 0 bridgehead atoms. The van der Waals surface area contributed by atoms with E-state index in [9.17, 15) is 4.79 Å². The van der Waals surface area contributed by atoms with Gasteiger partial charge in [-0.05, 0) is 48.7 Å². The number of carboxylic acids is 1. The number of pyridine rings is 1. The Kier molecular flexibility index (Phi) is 3.89. The molecule has 0 saturated carbocycles. The van der Waals surface area contributed by atoms with Crippen molar-refractivity contribution in [3.63, 3.8) is 0 Å². The second kappa shape index (κ2) is 5.61. The van der Waals surface area contributed by atoms with Crippen LogP contribution in [0.2, 0.25) is 0 Å². The van der Waals surface area contributed by atoms with Crippen LogP contribution in [0.1, 0.15) is 27.0 Å². The lowest BCUT2D eigenvalue weighted by molar-refractivity contribution is 0.0698. The number of nitrogens with zero attached hydrogens (tertiary/aromatic N) is 1. The average Bonchev–Trinajstić information content (AvgIpc) is 2.41. The minimum Gasteiger partial charge on any atom is -0.478 e. The second-order valence-corrected chi connectivity index (χ2v) is 4.72. The van der Waals surface area contributed by atoms with Crippen LogP contribution >= 0.6 is 0 Å². The standard InChI is InChI=1S/C15H17N3O2/c1-9-5-12(6-13(14(9)16)15(19)20)18-8-11-3-4-17-7-10(11)2/h3-7,18H,8,16H2,1-2H3,(H,19,20). The van der Waals surface area contributed by atoms with Crippen LogP contribution in [0.4, 0.5) is 11.4 Å². The van der Waals surface area contributed by atoms with Crippen LogP contribution in [0.15, 0.2) is 30.6 Å². The van der Waals surface area contributed by atoms with Crippen LogP contribution < -0.4 is 11.1 Å². The third-order valence-electron chi connectivity index (χ3n) is 3.24. The van der Waals surface area contributed by atoms with Gasteiger partial charge in [-0.25, -0.2) is 4.79 Å². The molecule has 0 saturated heterocycles. The fourth-order valence-electron chi connectivity index (χ4n) is 1.98. The van der Waals surface area contributed by atoms with Crippen molar-refractivity contribution in [2.24, 2.45) is 0 Å². The van der Waals surface area contributed by atoms with E-state index in [0.717, 1.165) is 22.4 Å². The van der Waals surface area contributed by atoms with Crippen molar-refractivity contribution in [1.82, 2.24) is 4.98 Å². The van der Waals surface area contributed by atoms with Crippen LogP contribution in [0.25, 0.3) is 0 Å². The zero-order valence-electron chi connectivity index (χ0n) is 11.5. The van der Waals surface area contributed by atoms with Crippen molar-refractivity contribution in [3.05, 3.63) is 52.8 Å². The predicted octanol–water partition coefficient (Wildman–Crippen LogP) is 2.59. The van der Waals surface area contributed by atoms with E-state index in [1.54, 1.807) is 25.4 Å². The largest absolute Gasteiger partial charge is 0.478 e. The van der Waals surface area contributed by atoms with Crippen LogP contribution in [0, 0.1) is 13.8 Å². The third-order valence-corrected chi connectivity index (χ3v) is 3.24. The molecule has 0 amide bonds. The van der Waals surface area contributed by atoms with Crippen molar-refractivity contribution in [3.8, 4) is 0 Å². The van der Waals surface area contributed by atoms with Gasteiger partial charge in [0, 0.05) is 30.3 Å². The zero-order valence-corrected chi connectivity index (χ0v) is 11.5. The molecule has 2 aromatic rings. The van der Waals surface area contributed by atoms with Gasteiger partial charge < -0.3 is 16.2 Å². The topological polar surface area (TPSA) is 88.2 Å². The van der Waals surface area contributed by atoms with E-state index in [0.29, 0.717) is 12.2 Å². The summed E-state index contributed by atoms with van der Waals surface area (Å²) in [6.07, 6.45) is 3.54. The molecule has 0 radical (unpaired) electrons. The van der Waals surface area contributed by atoms with Gasteiger partial charge in [0.2, 0.25) is 0 Å². The first-order chi connectivity index (χ1) is 9.49. The van der Waals surface area contributed by atoms with Gasteiger partial charge in [0.1, 0.15) is 0 Å². The molecule has 2 rings (SSSR count). The Morgan fingerprint density at radius 3 is 2.75 bits per heavy atom. The number of nitrogen functional groups attached to an aromatic ring is 1. The molecule has 0 spiro atoms. The maximum absolute atomic E-state index is 11.1. The van der Waals surface area contributed by atoms with Crippen molar-refractivity contribution in [2.45, 2.75) is 20.4 Å². The number of nitrogens with two attached hydrogens (primary N) is 1. The molecule has 1 aromatic carbocycles. The molecule has 5 heteroatoms. The Labute approximate surface area is 117 Å². The second-order valence-electron chi connectivity index (χ2n) is 4.72. The average molecular weight is 271 g/mol. The highest BCUT2D eigenvalue weighted by atomic mass is 16.4. The van der Waals surface area contributed by atoms with Crippen LogP contribution in [0.3, 0.4) is 0 Å². The maximum atomic E-state index is 11.1. The molecule has 4 N–H and O–H groups in total. The Bertz CT molecular complexity index is 654. The lowest BCUT2D eigenvalue weighted by atomic mass is 10.1. The third kappa shape index (κ3) is 2.88. The molecule has 0 aliphatic rings. The summed E-state index contributed by atoms with van der Waals surface area (Å²) in [5.74, 6) is -1.02. The van der Waals surface area contributed by atoms with Crippen LogP contribution in [-0.2, 0) is 6.54 Å². The fraction of sp³-hybridized carbons (Fsp3) is 0.200. The molecule has 0 aliphatic heterocycles. The molecule has 5 nitrogen and oxygen atoms in total. The Morgan fingerprint density at radius 1 is 1.35 bits per heavy atom. The summed E-state index contributed by atoms with van der Waals surface area (Å²) in [6, 6.07) is 5.34. The van der Waals surface area contributed by atoms with E-state index in [1.807, 2.05) is 19.1 Å². The molecule has 1 aromatic heterocycles. The van der Waals surface area contributed by atoms with E-state index < -0.39 is 5.97 Å². The van der Waals surface area contributed by atoms with E-state index >= 15 is 0 Å². The van der Waals surface area contributed by atoms with E-state index in [-0.39, 0.29) is 5.56 Å². The minimum absolute atomic E-state index is 0.124. The van der Waals surface area contributed by atoms with Gasteiger partial charge in [-0.15, -0.1) is 0 Å². The van der Waals surface area contributed by atoms with Gasteiger partial charge in [-0.1, -0.05) is 0 Å². The smallest absolute Gasteiger partial charge is 0.337 e. The maximum Gasteiger partial charge on any atom is 0.337 e. The Morgan fingerprint density at radius 2 is 2.10 bits per heavy atom. The number of nitrogens with one attached hydrogen (secondary N) is 1. The first-order valence-electron chi connectivity index (χ1n) is 6.26. The highest BCUT2D eigenvalue weighted by Crippen LogP contribution is 2.23. The monoisotopic (exact) mass is 271 g/mol. The number of aromatic carboxylic acids is 1. The minimum atomic E-state index is -1.02. The number of hydrogen-bond acceptors (Lipinski definition) is 4. The summed E-state index contributed by atoms with van der Waals surface area (Å²) in [6.45, 7) is 4.39. The number of hydrogen-bond donors (Lipinski definition) is 3. The molecule has 0 fully saturated rings. The quantitative estimate of drug-likeness (QED) is 0.744. The number of carbonyl (C=O) groups is 1. The molecule has 104 valence electrons. The first kappa shape index (κ1) is 13.9. The van der Waals surface area contributed by atoms with Crippen molar-refractivity contribution in [2.75, 3.05) is 11.1 Å². The van der Waals surface area contributed by atoms with E-state index in [2.05, 4.69) is 10.3 Å². The van der Waals surface area contributed by atoms with Gasteiger partial charge in [0.15, 0.2) is 0 Å². The van der Waals surface area contributed by atoms with Crippen LogP contribution in [0.5, 0.6) is 0 Å². The molecular formula is C15H17N3O2. The van der Waals surface area contributed by atoms with E-state index in [1.165, 1.54) is 0 Å². The summed E-state index contributed by atoms with van der Waals surface area (Å²) >= 11 is 0. The zero-order chi connectivity index (χ0) is 14.7. The van der Waals surface area contributed by atoms with Gasteiger partial charge in [-0.2, -0.15) is 0 Å². The number of aryl methyl sites for hydroxylation is 2. The van der Waals surface area contributed by atoms with Crippen molar-refractivity contribution >= 4 is 17.3 Å². The number of aromatic nitrogens is 1. The lowest BCUT2D eigenvalue weighted by Crippen LogP contribution is -2.07. The number of rotatable bonds is 4. The summed E-state index contributed by atoms with van der Waals surface area (Å²) < 4.78 is 0. The van der Waals surface area contributed by atoms with E-state index in [4.69, 9.17) is 10.8 Å². The summed E-state index contributed by atoms with van der Waals surface area (Å²) in [5.41, 5.74) is 9.89. The number of benzene rings is 1. The molecule has 1 heterocycles. The fourth-order valence-corrected chi connectivity index (χ4v) is 1.98. The summed E-state index contributed by atoms with van der Waals surface area (Å²) in [7, 11) is 0. The Balaban J connectivity index is 2.22. The highest BCUT2D eigenvalue weighted by molar-refractivity contribution is 5.95. The molecular weight excluding hydrogens is 254 g/mol. The van der Waals surface area contributed by atoms with Gasteiger partial charge in [0.25, 0.3) is 0 Å². The first-order valence-corrected chi connectivity index (χ1v) is 6.26. The summed E-state index contributed by atoms with van der Waals surface area (Å²) in [5, 5.41) is 12.3. The number of carboxylic acid groups (broad SMARTS) is 1. The van der Waals surface area contributed by atoms with Gasteiger partial charge >= 0.3 is 5.97 Å². The molecule has 0 unspecified atom stereocenters. The SMILES string of the molecule is Cc1cnccc1CNc1cc(C)c(N)c(C(=O)O)c1. The van der Waals surface area contributed by atoms with Crippen LogP contribution in [-0.4, -0.2) is 16.1 Å². The van der Waals surface area contributed by atoms with Gasteiger partial charge in [-0.3, -0.25) is 4.98 Å². The Hall–Kier alpha value is -2.56. The molecule has 0 aliphatic carbocycles.